The van der Waals surface area contributed by atoms with Crippen LogP contribution < -0.4 is 0 Å². The van der Waals surface area contributed by atoms with Crippen molar-refractivity contribution in [2.24, 2.45) is 11.8 Å². The minimum Gasteiger partial charge on any atom is -0.463 e. The van der Waals surface area contributed by atoms with Gasteiger partial charge in [-0.3, -0.25) is 14.4 Å². The second-order valence-electron chi connectivity index (χ2n) is 10.2. The van der Waals surface area contributed by atoms with Crippen molar-refractivity contribution in [3.63, 3.8) is 0 Å². The van der Waals surface area contributed by atoms with Crippen LogP contribution in [0.25, 0.3) is 0 Å². The number of allylic oxidation sites excluding steroid dienone is 2. The number of nitrogens with zero attached hydrogens (tertiary/aromatic N) is 2. The van der Waals surface area contributed by atoms with Gasteiger partial charge in [-0.1, -0.05) is 72.8 Å². The van der Waals surface area contributed by atoms with E-state index < -0.39 is 5.92 Å². The number of cyclic esters (lactones) is 1. The van der Waals surface area contributed by atoms with Gasteiger partial charge in [-0.15, -0.1) is 0 Å². The van der Waals surface area contributed by atoms with Crippen molar-refractivity contribution >= 4 is 17.8 Å². The fraction of sp³-hybridized carbons (Fsp3) is 0.452. The number of carbonyl (C=O) groups is 3. The molecule has 2 aliphatic rings. The largest absolute Gasteiger partial charge is 0.463 e. The molecule has 2 aromatic rings. The number of rotatable bonds is 8. The van der Waals surface area contributed by atoms with Gasteiger partial charge in [0.2, 0.25) is 11.8 Å². The van der Waals surface area contributed by atoms with Gasteiger partial charge in [-0.25, -0.2) is 0 Å². The Kier molecular flexibility index (Phi) is 10.1. The number of carbonyl (C=O) groups excluding carboxylic acids is 3. The topological polar surface area (TPSA) is 87.2 Å². The van der Waals surface area contributed by atoms with Gasteiger partial charge < -0.3 is 19.6 Å². The van der Waals surface area contributed by atoms with Crippen molar-refractivity contribution in [2.75, 3.05) is 26.3 Å². The predicted octanol–water partition coefficient (Wildman–Crippen LogP) is 3.76. The summed E-state index contributed by atoms with van der Waals surface area (Å²) in [6.45, 7) is 1.26. The molecule has 4 rings (SSSR count). The van der Waals surface area contributed by atoms with E-state index in [1.54, 1.807) is 9.80 Å². The molecular weight excluding hydrogens is 480 g/mol. The van der Waals surface area contributed by atoms with E-state index in [9.17, 15) is 19.5 Å². The number of hydrogen-bond donors (Lipinski definition) is 1. The lowest BCUT2D eigenvalue weighted by atomic mass is 9.94. The number of hydrogen-bond acceptors (Lipinski definition) is 5. The molecule has 0 aromatic heterocycles. The third-order valence-corrected chi connectivity index (χ3v) is 7.45. The van der Waals surface area contributed by atoms with Crippen molar-refractivity contribution < 1.29 is 24.2 Å². The van der Waals surface area contributed by atoms with Gasteiger partial charge in [0.25, 0.3) is 0 Å². The van der Waals surface area contributed by atoms with Crippen LogP contribution in [0.5, 0.6) is 0 Å². The Hall–Kier alpha value is -3.45. The summed E-state index contributed by atoms with van der Waals surface area (Å²) in [5.41, 5.74) is 2.06. The summed E-state index contributed by atoms with van der Waals surface area (Å²) < 4.78 is 5.75. The van der Waals surface area contributed by atoms with Gasteiger partial charge in [-0.2, -0.15) is 0 Å². The third-order valence-electron chi connectivity index (χ3n) is 7.45. The number of aliphatic hydroxyl groups is 1. The van der Waals surface area contributed by atoms with E-state index in [0.29, 0.717) is 32.4 Å². The highest BCUT2D eigenvalue weighted by molar-refractivity contribution is 5.86. The second-order valence-corrected chi connectivity index (χ2v) is 10.2. The Balaban J connectivity index is 1.50. The van der Waals surface area contributed by atoms with Gasteiger partial charge in [0.1, 0.15) is 6.61 Å². The SMILES string of the molecule is O=C1OCC2CCCN2C(=O)C(CC(=O)N(CCO)Cc2ccccc2)CC=CCC1Cc1ccccc1. The Morgan fingerprint density at radius 1 is 0.947 bits per heavy atom. The molecule has 0 aliphatic carbocycles. The molecule has 7 nitrogen and oxygen atoms in total. The molecule has 2 aliphatic heterocycles. The Morgan fingerprint density at radius 3 is 2.29 bits per heavy atom. The number of benzene rings is 2. The summed E-state index contributed by atoms with van der Waals surface area (Å²) in [4.78, 5) is 43.4. The molecular formula is C31H38N2O5. The normalized spacial score (nSPS) is 22.2. The molecule has 38 heavy (non-hydrogen) atoms. The van der Waals surface area contributed by atoms with Crippen molar-refractivity contribution in [1.29, 1.82) is 0 Å². The first-order valence-electron chi connectivity index (χ1n) is 13.6. The number of ether oxygens (including phenoxy) is 1. The summed E-state index contributed by atoms with van der Waals surface area (Å²) in [5, 5.41) is 9.58. The van der Waals surface area contributed by atoms with Crippen molar-refractivity contribution in [1.82, 2.24) is 9.80 Å². The van der Waals surface area contributed by atoms with Crippen LogP contribution in [0.1, 0.15) is 43.2 Å². The maximum atomic E-state index is 13.6. The van der Waals surface area contributed by atoms with Gasteiger partial charge >= 0.3 is 5.97 Å². The summed E-state index contributed by atoms with van der Waals surface area (Å²) in [6.07, 6.45) is 7.12. The predicted molar refractivity (Wildman–Crippen MR) is 145 cm³/mol. The minimum absolute atomic E-state index is 0.0633. The molecule has 0 saturated carbocycles. The van der Waals surface area contributed by atoms with Crippen LogP contribution in [0.4, 0.5) is 0 Å². The monoisotopic (exact) mass is 518 g/mol. The minimum atomic E-state index is -0.501. The molecule has 202 valence electrons. The van der Waals surface area contributed by atoms with Gasteiger partial charge in [0.15, 0.2) is 0 Å². The number of esters is 1. The lowest BCUT2D eigenvalue weighted by molar-refractivity contribution is -0.152. The van der Waals surface area contributed by atoms with E-state index in [0.717, 1.165) is 24.0 Å². The molecule has 2 aromatic carbocycles. The van der Waals surface area contributed by atoms with Crippen LogP contribution in [0.2, 0.25) is 0 Å². The standard InChI is InChI=1S/C31H38N2O5/c34-19-18-32(22-25-12-5-2-6-13-25)29(35)21-26-14-7-8-15-27(20-24-10-3-1-4-11-24)31(37)38-23-28-16-9-17-33(28)30(26)36/h1-8,10-13,26-28,34H,9,14-23H2. The first kappa shape index (κ1) is 27.6. The number of fused-ring (bicyclic) bond motifs is 1. The fourth-order valence-corrected chi connectivity index (χ4v) is 5.34. The highest BCUT2D eigenvalue weighted by Crippen LogP contribution is 2.26. The smallest absolute Gasteiger partial charge is 0.309 e. The van der Waals surface area contributed by atoms with Crippen LogP contribution in [-0.2, 0) is 32.1 Å². The van der Waals surface area contributed by atoms with Gasteiger partial charge in [0, 0.05) is 26.1 Å². The zero-order chi connectivity index (χ0) is 26.7. The Labute approximate surface area is 225 Å². The van der Waals surface area contributed by atoms with Crippen LogP contribution in [0.3, 0.4) is 0 Å². The molecule has 1 saturated heterocycles. The molecule has 0 radical (unpaired) electrons. The molecule has 2 heterocycles. The quantitative estimate of drug-likeness (QED) is 0.425. The molecule has 3 atom stereocenters. The molecule has 1 fully saturated rings. The van der Waals surface area contributed by atoms with Crippen LogP contribution in [0.15, 0.2) is 72.8 Å². The van der Waals surface area contributed by atoms with E-state index in [-0.39, 0.29) is 55.9 Å². The Morgan fingerprint density at radius 2 is 1.61 bits per heavy atom. The number of amides is 2. The zero-order valence-corrected chi connectivity index (χ0v) is 21.9. The molecule has 0 spiro atoms. The van der Waals surface area contributed by atoms with Crippen LogP contribution in [-0.4, -0.2) is 65.0 Å². The molecule has 2 amide bonds. The second kappa shape index (κ2) is 13.9. The first-order chi connectivity index (χ1) is 18.5. The maximum absolute atomic E-state index is 13.6. The van der Waals surface area contributed by atoms with Crippen molar-refractivity contribution in [3.05, 3.63) is 83.9 Å². The lowest BCUT2D eigenvalue weighted by Crippen LogP contribution is -2.44. The summed E-state index contributed by atoms with van der Waals surface area (Å²) in [7, 11) is 0. The molecule has 1 N–H and O–H groups in total. The molecule has 7 heteroatoms. The Bertz CT molecular complexity index is 1090. The highest BCUT2D eigenvalue weighted by atomic mass is 16.5. The third kappa shape index (κ3) is 7.54. The lowest BCUT2D eigenvalue weighted by Gasteiger charge is -2.30. The van der Waals surface area contributed by atoms with E-state index in [4.69, 9.17) is 4.74 Å². The average molecular weight is 519 g/mol. The molecule has 0 bridgehead atoms. The fourth-order valence-electron chi connectivity index (χ4n) is 5.34. The maximum Gasteiger partial charge on any atom is 0.309 e. The number of aliphatic hydroxyl groups excluding tert-OH is 1. The first-order valence-corrected chi connectivity index (χ1v) is 13.6. The van der Waals surface area contributed by atoms with E-state index in [1.165, 1.54) is 0 Å². The van der Waals surface area contributed by atoms with Gasteiger partial charge in [0.05, 0.1) is 24.5 Å². The van der Waals surface area contributed by atoms with E-state index in [2.05, 4.69) is 0 Å². The summed E-state index contributed by atoms with van der Waals surface area (Å²) >= 11 is 0. The van der Waals surface area contributed by atoms with Crippen LogP contribution >= 0.6 is 0 Å². The van der Waals surface area contributed by atoms with Gasteiger partial charge in [-0.05, 0) is 43.2 Å². The van der Waals surface area contributed by atoms with E-state index >= 15 is 0 Å². The summed E-state index contributed by atoms with van der Waals surface area (Å²) in [6, 6.07) is 19.4. The summed E-state index contributed by atoms with van der Waals surface area (Å²) in [5.74, 6) is -1.24. The van der Waals surface area contributed by atoms with E-state index in [1.807, 2.05) is 72.8 Å². The van der Waals surface area contributed by atoms with Crippen molar-refractivity contribution in [3.8, 4) is 0 Å². The average Bonchev–Trinajstić information content (AvgIpc) is 3.41. The van der Waals surface area contributed by atoms with Crippen molar-refractivity contribution in [2.45, 2.75) is 51.1 Å². The molecule has 3 unspecified atom stereocenters. The van der Waals surface area contributed by atoms with Crippen LogP contribution in [0, 0.1) is 11.8 Å². The zero-order valence-electron chi connectivity index (χ0n) is 21.9. The highest BCUT2D eigenvalue weighted by Gasteiger charge is 2.35.